The second kappa shape index (κ2) is 10.4. The molecule has 0 atom stereocenters. The Balaban J connectivity index is 1.61. The first kappa shape index (κ1) is 19.8. The average Bonchev–Trinajstić information content (AvgIpc) is 2.65. The molecule has 142 valence electrons. The maximum Gasteiger partial charge on any atom is 0.312 e. The van der Waals surface area contributed by atoms with E-state index in [-0.39, 0.29) is 17.9 Å². The van der Waals surface area contributed by atoms with Gasteiger partial charge in [0.2, 0.25) is 5.91 Å². The number of nitrogens with one attached hydrogen (secondary N) is 2. The summed E-state index contributed by atoms with van der Waals surface area (Å²) in [7, 11) is 0. The molecule has 1 heterocycles. The van der Waals surface area contributed by atoms with Gasteiger partial charge in [0.1, 0.15) is 0 Å². The molecule has 1 aromatic rings. The number of amides is 4. The third-order valence-corrected chi connectivity index (χ3v) is 4.59. The highest BCUT2D eigenvalue weighted by molar-refractivity contribution is 5.94. The third-order valence-electron chi connectivity index (χ3n) is 4.59. The lowest BCUT2D eigenvalue weighted by molar-refractivity contribution is -0.132. The number of benzene rings is 1. The van der Waals surface area contributed by atoms with E-state index < -0.39 is 6.03 Å². The number of unbranched alkanes of at least 4 members (excludes halogenated alkanes) is 2. The van der Waals surface area contributed by atoms with Crippen molar-refractivity contribution in [2.75, 3.05) is 19.6 Å². The second-order valence-corrected chi connectivity index (χ2v) is 6.60. The Hall–Kier alpha value is -2.57. The molecule has 26 heavy (non-hydrogen) atoms. The highest BCUT2D eigenvalue weighted by Gasteiger charge is 2.23. The van der Waals surface area contributed by atoms with E-state index >= 15 is 0 Å². The van der Waals surface area contributed by atoms with Crippen LogP contribution >= 0.6 is 0 Å². The standard InChI is InChI=1S/C19H28N4O3/c20-19(26)21-12-6-2-5-9-17(24)23-13-10-16(11-14-23)22-18(25)15-7-3-1-4-8-15/h1,3-4,7-8,16H,2,5-6,9-14H2,(H,22,25)(H3,20,21,26). The van der Waals surface area contributed by atoms with E-state index in [2.05, 4.69) is 10.6 Å². The lowest BCUT2D eigenvalue weighted by Crippen LogP contribution is -2.46. The van der Waals surface area contributed by atoms with Gasteiger partial charge in [-0.05, 0) is 37.8 Å². The smallest absolute Gasteiger partial charge is 0.312 e. The number of piperidine rings is 1. The van der Waals surface area contributed by atoms with Gasteiger partial charge in [-0.2, -0.15) is 0 Å². The molecule has 7 nitrogen and oxygen atoms in total. The van der Waals surface area contributed by atoms with E-state index in [1.54, 1.807) is 12.1 Å². The Morgan fingerprint density at radius 2 is 1.73 bits per heavy atom. The van der Waals surface area contributed by atoms with Crippen LogP contribution in [0.25, 0.3) is 0 Å². The van der Waals surface area contributed by atoms with Gasteiger partial charge < -0.3 is 21.3 Å². The number of hydrogen-bond donors (Lipinski definition) is 3. The van der Waals surface area contributed by atoms with Crippen molar-refractivity contribution < 1.29 is 14.4 Å². The summed E-state index contributed by atoms with van der Waals surface area (Å²) in [6.07, 6.45) is 4.61. The number of primary amides is 1. The number of carbonyl (C=O) groups excluding carboxylic acids is 3. The Labute approximate surface area is 154 Å². The zero-order valence-electron chi connectivity index (χ0n) is 15.1. The molecule has 0 aliphatic carbocycles. The van der Waals surface area contributed by atoms with Crippen molar-refractivity contribution in [2.45, 2.75) is 44.6 Å². The molecule has 4 N–H and O–H groups in total. The van der Waals surface area contributed by atoms with Crippen LogP contribution in [0.2, 0.25) is 0 Å². The van der Waals surface area contributed by atoms with Gasteiger partial charge in [0.25, 0.3) is 5.91 Å². The summed E-state index contributed by atoms with van der Waals surface area (Å²) in [5.74, 6) is 0.112. The molecule has 0 spiro atoms. The molecule has 0 aromatic heterocycles. The first-order valence-electron chi connectivity index (χ1n) is 9.23. The van der Waals surface area contributed by atoms with Crippen LogP contribution in [-0.4, -0.2) is 48.4 Å². The Bertz CT molecular complexity index is 598. The Kier molecular flexibility index (Phi) is 7.92. The fraction of sp³-hybridized carbons (Fsp3) is 0.526. The largest absolute Gasteiger partial charge is 0.352 e. The van der Waals surface area contributed by atoms with Crippen LogP contribution in [0.15, 0.2) is 30.3 Å². The van der Waals surface area contributed by atoms with Gasteiger partial charge in [0.05, 0.1) is 0 Å². The first-order valence-corrected chi connectivity index (χ1v) is 9.23. The normalized spacial score (nSPS) is 14.7. The number of rotatable bonds is 8. The minimum atomic E-state index is -0.511. The quantitative estimate of drug-likeness (QED) is 0.614. The average molecular weight is 360 g/mol. The van der Waals surface area contributed by atoms with Crippen LogP contribution in [0.1, 0.15) is 48.9 Å². The molecule has 1 aromatic carbocycles. The molecular weight excluding hydrogens is 332 g/mol. The summed E-state index contributed by atoms with van der Waals surface area (Å²) >= 11 is 0. The summed E-state index contributed by atoms with van der Waals surface area (Å²) in [5.41, 5.74) is 5.65. The van der Waals surface area contributed by atoms with Crippen molar-refractivity contribution in [2.24, 2.45) is 5.73 Å². The number of likely N-dealkylation sites (tertiary alicyclic amines) is 1. The zero-order valence-corrected chi connectivity index (χ0v) is 15.1. The van der Waals surface area contributed by atoms with Crippen LogP contribution in [0.5, 0.6) is 0 Å². The molecule has 0 unspecified atom stereocenters. The van der Waals surface area contributed by atoms with Gasteiger partial charge in [-0.15, -0.1) is 0 Å². The van der Waals surface area contributed by atoms with Gasteiger partial charge in [-0.3, -0.25) is 9.59 Å². The highest BCUT2D eigenvalue weighted by Crippen LogP contribution is 2.14. The first-order chi connectivity index (χ1) is 12.6. The van der Waals surface area contributed by atoms with E-state index in [0.29, 0.717) is 31.6 Å². The Morgan fingerprint density at radius 1 is 1.04 bits per heavy atom. The van der Waals surface area contributed by atoms with Gasteiger partial charge in [-0.25, -0.2) is 4.79 Å². The summed E-state index contributed by atoms with van der Waals surface area (Å²) in [5, 5.41) is 5.59. The van der Waals surface area contributed by atoms with Crippen molar-refractivity contribution in [1.29, 1.82) is 0 Å². The molecule has 0 saturated carbocycles. The van der Waals surface area contributed by atoms with Crippen LogP contribution in [0.4, 0.5) is 4.79 Å². The molecule has 1 saturated heterocycles. The zero-order chi connectivity index (χ0) is 18.8. The fourth-order valence-corrected chi connectivity index (χ4v) is 3.08. The second-order valence-electron chi connectivity index (χ2n) is 6.60. The van der Waals surface area contributed by atoms with E-state index in [1.807, 2.05) is 23.1 Å². The maximum absolute atomic E-state index is 12.2. The van der Waals surface area contributed by atoms with E-state index in [4.69, 9.17) is 5.73 Å². The van der Waals surface area contributed by atoms with Crippen molar-refractivity contribution >= 4 is 17.8 Å². The molecule has 0 radical (unpaired) electrons. The highest BCUT2D eigenvalue weighted by atomic mass is 16.2. The van der Waals surface area contributed by atoms with E-state index in [9.17, 15) is 14.4 Å². The lowest BCUT2D eigenvalue weighted by atomic mass is 10.0. The van der Waals surface area contributed by atoms with Crippen molar-refractivity contribution in [1.82, 2.24) is 15.5 Å². The molecule has 1 aliphatic rings. The number of urea groups is 1. The minimum absolute atomic E-state index is 0.0556. The Morgan fingerprint density at radius 3 is 2.38 bits per heavy atom. The van der Waals surface area contributed by atoms with Crippen molar-refractivity contribution in [3.63, 3.8) is 0 Å². The summed E-state index contributed by atoms with van der Waals surface area (Å²) < 4.78 is 0. The van der Waals surface area contributed by atoms with Crippen molar-refractivity contribution in [3.8, 4) is 0 Å². The van der Waals surface area contributed by atoms with Crippen LogP contribution < -0.4 is 16.4 Å². The third kappa shape index (κ3) is 6.74. The van der Waals surface area contributed by atoms with Crippen LogP contribution in [-0.2, 0) is 4.79 Å². The number of nitrogens with two attached hydrogens (primary N) is 1. The number of hydrogen-bond acceptors (Lipinski definition) is 3. The van der Waals surface area contributed by atoms with E-state index in [0.717, 1.165) is 32.1 Å². The molecule has 2 rings (SSSR count). The lowest BCUT2D eigenvalue weighted by Gasteiger charge is -2.32. The van der Waals surface area contributed by atoms with Gasteiger partial charge in [0, 0.05) is 37.7 Å². The van der Waals surface area contributed by atoms with Crippen molar-refractivity contribution in [3.05, 3.63) is 35.9 Å². The van der Waals surface area contributed by atoms with Gasteiger partial charge >= 0.3 is 6.03 Å². The molecular formula is C19H28N4O3. The predicted molar refractivity (Wildman–Crippen MR) is 99.6 cm³/mol. The van der Waals surface area contributed by atoms with Gasteiger partial charge in [0.15, 0.2) is 0 Å². The van der Waals surface area contributed by atoms with Crippen LogP contribution in [0.3, 0.4) is 0 Å². The summed E-state index contributed by atoms with van der Waals surface area (Å²) in [6.45, 7) is 1.92. The summed E-state index contributed by atoms with van der Waals surface area (Å²) in [4.78, 5) is 36.8. The molecule has 7 heteroatoms. The minimum Gasteiger partial charge on any atom is -0.352 e. The topological polar surface area (TPSA) is 105 Å². The van der Waals surface area contributed by atoms with Gasteiger partial charge in [-0.1, -0.05) is 24.6 Å². The monoisotopic (exact) mass is 360 g/mol. The maximum atomic E-state index is 12.2. The molecule has 4 amide bonds. The predicted octanol–water partition coefficient (Wildman–Crippen LogP) is 1.64. The fourth-order valence-electron chi connectivity index (χ4n) is 3.08. The van der Waals surface area contributed by atoms with E-state index in [1.165, 1.54) is 0 Å². The molecule has 1 aliphatic heterocycles. The summed E-state index contributed by atoms with van der Waals surface area (Å²) in [6, 6.07) is 8.78. The molecule has 1 fully saturated rings. The SMILES string of the molecule is NC(=O)NCCCCCC(=O)N1CCC(NC(=O)c2ccccc2)CC1. The molecule has 0 bridgehead atoms. The number of nitrogens with zero attached hydrogens (tertiary/aromatic N) is 1. The van der Waals surface area contributed by atoms with Crippen LogP contribution in [0, 0.1) is 0 Å². The number of carbonyl (C=O) groups is 3.